The SMILES string of the molecule is CCc1cc(Br)ccc1NC(=O)[C@H]1[C@@H](C(=O)O)C1(C)C. The first kappa shape index (κ1) is 15.0. The predicted octanol–water partition coefficient (Wildman–Crippen LogP) is 3.31. The van der Waals surface area contributed by atoms with E-state index in [-0.39, 0.29) is 5.91 Å². The number of hydrogen-bond donors (Lipinski definition) is 2. The number of halogens is 1. The number of hydrogen-bond acceptors (Lipinski definition) is 2. The molecule has 0 spiro atoms. The third kappa shape index (κ3) is 2.59. The lowest BCUT2D eigenvalue weighted by Gasteiger charge is -2.11. The zero-order chi connectivity index (χ0) is 15.1. The summed E-state index contributed by atoms with van der Waals surface area (Å²) < 4.78 is 0.961. The van der Waals surface area contributed by atoms with E-state index in [4.69, 9.17) is 5.11 Å². The van der Waals surface area contributed by atoms with Crippen molar-refractivity contribution in [2.24, 2.45) is 17.3 Å². The predicted molar refractivity (Wildman–Crippen MR) is 80.5 cm³/mol. The van der Waals surface area contributed by atoms with Crippen molar-refractivity contribution in [1.82, 2.24) is 0 Å². The fraction of sp³-hybridized carbons (Fsp3) is 0.467. The van der Waals surface area contributed by atoms with Crippen molar-refractivity contribution in [1.29, 1.82) is 0 Å². The molecule has 2 N–H and O–H groups in total. The van der Waals surface area contributed by atoms with Crippen LogP contribution in [0.1, 0.15) is 26.3 Å². The Morgan fingerprint density at radius 1 is 1.35 bits per heavy atom. The number of nitrogens with one attached hydrogen (secondary N) is 1. The fourth-order valence-electron chi connectivity index (χ4n) is 2.78. The molecule has 2 rings (SSSR count). The number of aliphatic carboxylic acids is 1. The number of carbonyl (C=O) groups is 2. The molecule has 0 radical (unpaired) electrons. The first-order chi connectivity index (χ1) is 9.28. The third-order valence-electron chi connectivity index (χ3n) is 4.08. The number of rotatable bonds is 4. The lowest BCUT2D eigenvalue weighted by Crippen LogP contribution is -2.18. The molecule has 4 nitrogen and oxygen atoms in total. The van der Waals surface area contributed by atoms with Crippen LogP contribution in [0.25, 0.3) is 0 Å². The minimum absolute atomic E-state index is 0.209. The van der Waals surface area contributed by atoms with Crippen LogP contribution in [0.5, 0.6) is 0 Å². The van der Waals surface area contributed by atoms with Crippen molar-refractivity contribution in [3.8, 4) is 0 Å². The molecule has 0 heterocycles. The van der Waals surface area contributed by atoms with Crippen LogP contribution in [-0.4, -0.2) is 17.0 Å². The highest BCUT2D eigenvalue weighted by Crippen LogP contribution is 2.58. The molecule has 1 saturated carbocycles. The molecule has 20 heavy (non-hydrogen) atoms. The summed E-state index contributed by atoms with van der Waals surface area (Å²) in [5, 5.41) is 12.0. The van der Waals surface area contributed by atoms with Crippen LogP contribution in [-0.2, 0) is 16.0 Å². The second-order valence-corrected chi connectivity index (χ2v) is 6.67. The van der Waals surface area contributed by atoms with Gasteiger partial charge >= 0.3 is 5.97 Å². The van der Waals surface area contributed by atoms with E-state index in [9.17, 15) is 9.59 Å². The Hall–Kier alpha value is -1.36. The minimum atomic E-state index is -0.901. The van der Waals surface area contributed by atoms with Gasteiger partial charge in [-0.2, -0.15) is 0 Å². The van der Waals surface area contributed by atoms with E-state index in [1.807, 2.05) is 39.0 Å². The molecule has 0 aliphatic heterocycles. The molecular weight excluding hydrogens is 322 g/mol. The van der Waals surface area contributed by atoms with E-state index in [0.29, 0.717) is 0 Å². The largest absolute Gasteiger partial charge is 0.481 e. The van der Waals surface area contributed by atoms with Gasteiger partial charge in [-0.1, -0.05) is 36.7 Å². The van der Waals surface area contributed by atoms with Gasteiger partial charge in [-0.05, 0) is 35.6 Å². The summed E-state index contributed by atoms with van der Waals surface area (Å²) in [5.41, 5.74) is 1.31. The summed E-state index contributed by atoms with van der Waals surface area (Å²) in [6, 6.07) is 5.66. The number of carboxylic acid groups (broad SMARTS) is 1. The van der Waals surface area contributed by atoms with Gasteiger partial charge in [-0.15, -0.1) is 0 Å². The van der Waals surface area contributed by atoms with Gasteiger partial charge in [0.2, 0.25) is 5.91 Å². The zero-order valence-electron chi connectivity index (χ0n) is 11.7. The van der Waals surface area contributed by atoms with Crippen LogP contribution in [0, 0.1) is 17.3 Å². The Labute approximate surface area is 126 Å². The molecule has 1 aliphatic rings. The quantitative estimate of drug-likeness (QED) is 0.884. The van der Waals surface area contributed by atoms with Crippen molar-refractivity contribution in [2.45, 2.75) is 27.2 Å². The lowest BCUT2D eigenvalue weighted by molar-refractivity contribution is -0.140. The van der Waals surface area contributed by atoms with Gasteiger partial charge in [-0.25, -0.2) is 0 Å². The first-order valence-corrected chi connectivity index (χ1v) is 7.40. The molecule has 1 aromatic carbocycles. The first-order valence-electron chi connectivity index (χ1n) is 6.61. The van der Waals surface area contributed by atoms with Crippen molar-refractivity contribution in [2.75, 3.05) is 5.32 Å². The molecule has 108 valence electrons. The molecule has 2 atom stereocenters. The van der Waals surface area contributed by atoms with Crippen molar-refractivity contribution in [3.63, 3.8) is 0 Å². The Bertz CT molecular complexity index is 568. The van der Waals surface area contributed by atoms with Gasteiger partial charge in [0.1, 0.15) is 0 Å². The van der Waals surface area contributed by atoms with E-state index in [1.165, 1.54) is 0 Å². The van der Waals surface area contributed by atoms with Gasteiger partial charge in [0.05, 0.1) is 11.8 Å². The van der Waals surface area contributed by atoms with Crippen LogP contribution in [0.3, 0.4) is 0 Å². The van der Waals surface area contributed by atoms with E-state index >= 15 is 0 Å². The molecule has 5 heteroatoms. The van der Waals surface area contributed by atoms with Gasteiger partial charge in [0.15, 0.2) is 0 Å². The standard InChI is InChI=1S/C15H18BrNO3/c1-4-8-7-9(16)5-6-10(8)17-13(18)11-12(14(19)20)15(11,2)3/h5-7,11-12H,4H2,1-3H3,(H,17,18)(H,19,20)/t11-,12+/m1/s1. The molecule has 0 saturated heterocycles. The second kappa shape index (κ2) is 5.20. The molecular formula is C15H18BrNO3. The summed E-state index contributed by atoms with van der Waals surface area (Å²) in [7, 11) is 0. The van der Waals surface area contributed by atoms with E-state index in [1.54, 1.807) is 0 Å². The maximum absolute atomic E-state index is 12.3. The van der Waals surface area contributed by atoms with Crippen molar-refractivity contribution >= 4 is 33.5 Å². The highest BCUT2D eigenvalue weighted by atomic mass is 79.9. The number of amides is 1. The summed E-state index contributed by atoms with van der Waals surface area (Å²) in [5.74, 6) is -2.17. The van der Waals surface area contributed by atoms with Crippen LogP contribution >= 0.6 is 15.9 Å². The Morgan fingerprint density at radius 2 is 2.00 bits per heavy atom. The smallest absolute Gasteiger partial charge is 0.307 e. The number of aryl methyl sites for hydroxylation is 1. The van der Waals surface area contributed by atoms with E-state index < -0.39 is 23.2 Å². The molecule has 1 aliphatic carbocycles. The molecule has 0 aromatic heterocycles. The minimum Gasteiger partial charge on any atom is -0.481 e. The average Bonchev–Trinajstić information content (AvgIpc) is 2.94. The maximum Gasteiger partial charge on any atom is 0.307 e. The zero-order valence-corrected chi connectivity index (χ0v) is 13.3. The highest BCUT2D eigenvalue weighted by molar-refractivity contribution is 9.10. The Balaban J connectivity index is 2.16. The second-order valence-electron chi connectivity index (χ2n) is 5.76. The Morgan fingerprint density at radius 3 is 2.50 bits per heavy atom. The summed E-state index contributed by atoms with van der Waals surface area (Å²) in [6.45, 7) is 5.65. The van der Waals surface area contributed by atoms with E-state index in [2.05, 4.69) is 21.2 Å². The van der Waals surface area contributed by atoms with Crippen LogP contribution in [0.2, 0.25) is 0 Å². The summed E-state index contributed by atoms with van der Waals surface area (Å²) >= 11 is 3.40. The molecule has 0 unspecified atom stereocenters. The summed E-state index contributed by atoms with van der Waals surface area (Å²) in [6.07, 6.45) is 0.797. The molecule has 1 amide bonds. The number of carbonyl (C=O) groups excluding carboxylic acids is 1. The lowest BCUT2D eigenvalue weighted by atomic mass is 10.1. The van der Waals surface area contributed by atoms with E-state index in [0.717, 1.165) is 22.1 Å². The summed E-state index contributed by atoms with van der Waals surface area (Å²) in [4.78, 5) is 23.4. The normalized spacial score (nSPS) is 23.2. The maximum atomic E-state index is 12.3. The monoisotopic (exact) mass is 339 g/mol. The number of benzene rings is 1. The molecule has 0 bridgehead atoms. The molecule has 1 aromatic rings. The van der Waals surface area contributed by atoms with Gasteiger partial charge in [0, 0.05) is 10.2 Å². The average molecular weight is 340 g/mol. The van der Waals surface area contributed by atoms with Gasteiger partial charge in [0.25, 0.3) is 0 Å². The molecule has 1 fully saturated rings. The van der Waals surface area contributed by atoms with Crippen molar-refractivity contribution in [3.05, 3.63) is 28.2 Å². The number of carboxylic acids is 1. The van der Waals surface area contributed by atoms with Crippen LogP contribution < -0.4 is 5.32 Å². The van der Waals surface area contributed by atoms with Gasteiger partial charge < -0.3 is 10.4 Å². The van der Waals surface area contributed by atoms with Crippen LogP contribution in [0.15, 0.2) is 22.7 Å². The van der Waals surface area contributed by atoms with Crippen molar-refractivity contribution < 1.29 is 14.7 Å². The fourth-order valence-corrected chi connectivity index (χ4v) is 3.18. The third-order valence-corrected chi connectivity index (χ3v) is 4.58. The highest BCUT2D eigenvalue weighted by Gasteiger charge is 2.65. The van der Waals surface area contributed by atoms with Gasteiger partial charge in [-0.3, -0.25) is 9.59 Å². The number of anilines is 1. The topological polar surface area (TPSA) is 66.4 Å². The van der Waals surface area contributed by atoms with Crippen LogP contribution in [0.4, 0.5) is 5.69 Å². The Kier molecular flexibility index (Phi) is 3.91.